The third kappa shape index (κ3) is 4.20. The predicted molar refractivity (Wildman–Crippen MR) is 74.2 cm³/mol. The van der Waals surface area contributed by atoms with Crippen molar-refractivity contribution < 1.29 is 5.11 Å². The van der Waals surface area contributed by atoms with Crippen LogP contribution in [0.3, 0.4) is 0 Å². The zero-order valence-corrected chi connectivity index (χ0v) is 11.0. The summed E-state index contributed by atoms with van der Waals surface area (Å²) in [5.74, 6) is 0.535. The first kappa shape index (κ1) is 16.2. The van der Waals surface area contributed by atoms with Gasteiger partial charge < -0.3 is 21.1 Å². The molecular formula is C10H18Cl2N4O. The molecule has 1 aromatic heterocycles. The van der Waals surface area contributed by atoms with E-state index in [0.29, 0.717) is 5.82 Å². The van der Waals surface area contributed by atoms with Crippen molar-refractivity contribution in [1.29, 1.82) is 0 Å². The van der Waals surface area contributed by atoms with Crippen LogP contribution < -0.4 is 16.0 Å². The lowest BCUT2D eigenvalue weighted by Gasteiger charge is -2.34. The van der Waals surface area contributed by atoms with Crippen LogP contribution >= 0.6 is 24.8 Å². The van der Waals surface area contributed by atoms with Crippen LogP contribution in [0.5, 0.6) is 0 Å². The predicted octanol–water partition coefficient (Wildman–Crippen LogP) is 0.278. The molecule has 0 unspecified atom stereocenters. The number of aromatic nitrogens is 1. The van der Waals surface area contributed by atoms with Gasteiger partial charge in [-0.1, -0.05) is 0 Å². The largest absolute Gasteiger partial charge is 0.395 e. The minimum absolute atomic E-state index is 0. The molecule has 0 radical (unpaired) electrons. The molecule has 0 aliphatic carbocycles. The van der Waals surface area contributed by atoms with E-state index < -0.39 is 0 Å². The molecular weight excluding hydrogens is 263 g/mol. The molecule has 2 rings (SSSR count). The number of nitrogens with one attached hydrogen (secondary N) is 1. The first-order valence-corrected chi connectivity index (χ1v) is 5.10. The van der Waals surface area contributed by atoms with Crippen molar-refractivity contribution in [2.45, 2.75) is 6.04 Å². The summed E-state index contributed by atoms with van der Waals surface area (Å²) in [4.78, 5) is 6.26. The fourth-order valence-electron chi connectivity index (χ4n) is 1.77. The number of hydrogen-bond donors (Lipinski definition) is 3. The van der Waals surface area contributed by atoms with Gasteiger partial charge in [0.15, 0.2) is 0 Å². The van der Waals surface area contributed by atoms with Gasteiger partial charge in [-0.3, -0.25) is 0 Å². The maximum Gasteiger partial charge on any atom is 0.123 e. The highest BCUT2D eigenvalue weighted by Gasteiger charge is 2.18. The SMILES string of the molecule is Cl.Cl.Nc1ccc(N2CCN[C@@H](CO)C2)cn1. The first-order valence-electron chi connectivity index (χ1n) is 5.10. The number of aliphatic hydroxyl groups is 1. The van der Waals surface area contributed by atoms with Gasteiger partial charge in [-0.05, 0) is 12.1 Å². The van der Waals surface area contributed by atoms with Crippen molar-refractivity contribution in [3.05, 3.63) is 18.3 Å². The fraction of sp³-hybridized carbons (Fsp3) is 0.500. The van der Waals surface area contributed by atoms with Crippen molar-refractivity contribution in [2.75, 3.05) is 36.9 Å². The van der Waals surface area contributed by atoms with E-state index in [0.717, 1.165) is 25.3 Å². The third-order valence-electron chi connectivity index (χ3n) is 2.61. The van der Waals surface area contributed by atoms with Crippen LogP contribution in [0.25, 0.3) is 0 Å². The van der Waals surface area contributed by atoms with Gasteiger partial charge in [0.05, 0.1) is 18.5 Å². The standard InChI is InChI=1S/C10H16N4O.2ClH/c11-10-2-1-9(5-13-10)14-4-3-12-8(6-14)7-15;;/h1-2,5,8,12,15H,3-4,6-7H2,(H2,11,13);2*1H/t8-;;/m1../s1. The molecule has 0 saturated carbocycles. The van der Waals surface area contributed by atoms with Crippen molar-refractivity contribution >= 4 is 36.3 Å². The van der Waals surface area contributed by atoms with E-state index in [1.165, 1.54) is 0 Å². The molecule has 2 heterocycles. The second-order valence-corrected chi connectivity index (χ2v) is 3.72. The number of anilines is 2. The highest BCUT2D eigenvalue weighted by molar-refractivity contribution is 5.85. The van der Waals surface area contributed by atoms with Crippen LogP contribution in [0.1, 0.15) is 0 Å². The molecule has 1 saturated heterocycles. The van der Waals surface area contributed by atoms with E-state index in [4.69, 9.17) is 10.8 Å². The van der Waals surface area contributed by atoms with Gasteiger partial charge in [-0.15, -0.1) is 24.8 Å². The lowest BCUT2D eigenvalue weighted by atomic mass is 10.2. The average molecular weight is 281 g/mol. The zero-order valence-electron chi connectivity index (χ0n) is 9.37. The van der Waals surface area contributed by atoms with E-state index in [1.807, 2.05) is 6.07 Å². The van der Waals surface area contributed by atoms with Crippen LogP contribution in [-0.2, 0) is 0 Å². The summed E-state index contributed by atoms with van der Waals surface area (Å²) in [5.41, 5.74) is 6.59. The molecule has 0 aromatic carbocycles. The maximum atomic E-state index is 9.08. The maximum absolute atomic E-state index is 9.08. The van der Waals surface area contributed by atoms with Crippen LogP contribution in [0, 0.1) is 0 Å². The second-order valence-electron chi connectivity index (χ2n) is 3.72. The molecule has 4 N–H and O–H groups in total. The number of hydrogen-bond acceptors (Lipinski definition) is 5. The second kappa shape index (κ2) is 7.55. The van der Waals surface area contributed by atoms with Crippen LogP contribution in [0.2, 0.25) is 0 Å². The molecule has 5 nitrogen and oxygen atoms in total. The minimum Gasteiger partial charge on any atom is -0.395 e. The summed E-state index contributed by atoms with van der Waals surface area (Å²) in [6.07, 6.45) is 1.77. The first-order chi connectivity index (χ1) is 7.29. The molecule has 0 bridgehead atoms. The Balaban J connectivity index is 0.00000128. The number of nitrogens with two attached hydrogens (primary N) is 1. The van der Waals surface area contributed by atoms with Gasteiger partial charge in [0.1, 0.15) is 5.82 Å². The van der Waals surface area contributed by atoms with Crippen LogP contribution in [0.4, 0.5) is 11.5 Å². The molecule has 1 atom stereocenters. The van der Waals surface area contributed by atoms with Gasteiger partial charge in [0, 0.05) is 25.7 Å². The summed E-state index contributed by atoms with van der Waals surface area (Å²) in [6.45, 7) is 2.79. The van der Waals surface area contributed by atoms with Crippen LogP contribution in [0.15, 0.2) is 18.3 Å². The van der Waals surface area contributed by atoms with Crippen molar-refractivity contribution in [3.63, 3.8) is 0 Å². The summed E-state index contributed by atoms with van der Waals surface area (Å²) in [7, 11) is 0. The summed E-state index contributed by atoms with van der Waals surface area (Å²) >= 11 is 0. The summed E-state index contributed by atoms with van der Waals surface area (Å²) in [6, 6.07) is 3.91. The quantitative estimate of drug-likeness (QED) is 0.726. The van der Waals surface area contributed by atoms with Gasteiger partial charge >= 0.3 is 0 Å². The molecule has 1 aliphatic rings. The number of piperazine rings is 1. The molecule has 1 aliphatic heterocycles. The molecule has 0 amide bonds. The van der Waals surface area contributed by atoms with Crippen LogP contribution in [-0.4, -0.2) is 42.4 Å². The monoisotopic (exact) mass is 280 g/mol. The molecule has 98 valence electrons. The average Bonchev–Trinajstić information content (AvgIpc) is 2.30. The Labute approximate surface area is 113 Å². The Morgan fingerprint density at radius 3 is 2.82 bits per heavy atom. The highest BCUT2D eigenvalue weighted by atomic mass is 35.5. The Morgan fingerprint density at radius 2 is 2.24 bits per heavy atom. The molecule has 1 aromatic rings. The Bertz CT molecular complexity index is 323. The third-order valence-corrected chi connectivity index (χ3v) is 2.61. The number of rotatable bonds is 2. The number of aliphatic hydroxyl groups excluding tert-OH is 1. The molecule has 1 fully saturated rings. The van der Waals surface area contributed by atoms with E-state index in [9.17, 15) is 0 Å². The van der Waals surface area contributed by atoms with E-state index in [1.54, 1.807) is 12.3 Å². The van der Waals surface area contributed by atoms with Gasteiger partial charge in [-0.2, -0.15) is 0 Å². The van der Waals surface area contributed by atoms with Crippen molar-refractivity contribution in [1.82, 2.24) is 10.3 Å². The molecule has 0 spiro atoms. The summed E-state index contributed by atoms with van der Waals surface area (Å²) in [5, 5.41) is 12.3. The lowest BCUT2D eigenvalue weighted by molar-refractivity contribution is 0.235. The lowest BCUT2D eigenvalue weighted by Crippen LogP contribution is -2.52. The van der Waals surface area contributed by atoms with Crippen molar-refractivity contribution in [3.8, 4) is 0 Å². The Kier molecular flexibility index (Phi) is 7.22. The normalized spacial score (nSPS) is 19.1. The highest BCUT2D eigenvalue weighted by Crippen LogP contribution is 2.15. The zero-order chi connectivity index (χ0) is 10.7. The van der Waals surface area contributed by atoms with Gasteiger partial charge in [-0.25, -0.2) is 4.98 Å². The Hall–Kier alpha value is -0.750. The van der Waals surface area contributed by atoms with Gasteiger partial charge in [0.2, 0.25) is 0 Å². The molecule has 17 heavy (non-hydrogen) atoms. The number of nitrogens with zero attached hydrogens (tertiary/aromatic N) is 2. The minimum atomic E-state index is 0. The van der Waals surface area contributed by atoms with E-state index >= 15 is 0 Å². The summed E-state index contributed by atoms with van der Waals surface area (Å²) < 4.78 is 0. The van der Waals surface area contributed by atoms with Gasteiger partial charge in [0.25, 0.3) is 0 Å². The fourth-order valence-corrected chi connectivity index (χ4v) is 1.77. The smallest absolute Gasteiger partial charge is 0.123 e. The number of nitrogen functional groups attached to an aromatic ring is 1. The Morgan fingerprint density at radius 1 is 1.47 bits per heavy atom. The topological polar surface area (TPSA) is 74.4 Å². The molecule has 7 heteroatoms. The van der Waals surface area contributed by atoms with Crippen molar-refractivity contribution in [2.24, 2.45) is 0 Å². The number of halogens is 2. The van der Waals surface area contributed by atoms with E-state index in [-0.39, 0.29) is 37.5 Å². The van der Waals surface area contributed by atoms with E-state index in [2.05, 4.69) is 15.2 Å². The number of pyridine rings is 1.